The summed E-state index contributed by atoms with van der Waals surface area (Å²) < 4.78 is 7.56. The van der Waals surface area contributed by atoms with E-state index in [0.717, 1.165) is 19.4 Å². The van der Waals surface area contributed by atoms with Gasteiger partial charge in [0.25, 0.3) is 5.56 Å². The summed E-state index contributed by atoms with van der Waals surface area (Å²) in [6, 6.07) is 0.231. The molecule has 22 heavy (non-hydrogen) atoms. The molecule has 0 amide bonds. The van der Waals surface area contributed by atoms with Gasteiger partial charge in [0.05, 0.1) is 18.3 Å². The van der Waals surface area contributed by atoms with Crippen molar-refractivity contribution in [3.05, 3.63) is 16.6 Å². The lowest BCUT2D eigenvalue weighted by Crippen LogP contribution is -2.40. The molecule has 2 aromatic rings. The molecule has 0 spiro atoms. The summed E-state index contributed by atoms with van der Waals surface area (Å²) >= 11 is 0. The molecule has 2 N–H and O–H groups in total. The van der Waals surface area contributed by atoms with Crippen molar-refractivity contribution in [1.29, 1.82) is 0 Å². The minimum absolute atomic E-state index is 0.153. The van der Waals surface area contributed by atoms with Crippen molar-refractivity contribution < 1.29 is 4.74 Å². The van der Waals surface area contributed by atoms with Crippen LogP contribution >= 0.6 is 0 Å². The smallest absolute Gasteiger partial charge is 0.263 e. The zero-order valence-corrected chi connectivity index (χ0v) is 12.7. The third-order valence-corrected chi connectivity index (χ3v) is 4.65. The minimum atomic E-state index is -0.153. The second-order valence-corrected chi connectivity index (χ2v) is 6.33. The van der Waals surface area contributed by atoms with Gasteiger partial charge in [-0.2, -0.15) is 10.1 Å². The summed E-state index contributed by atoms with van der Waals surface area (Å²) in [5, 5.41) is 8.04. The van der Waals surface area contributed by atoms with Crippen molar-refractivity contribution in [2.24, 2.45) is 13.0 Å². The quantitative estimate of drug-likeness (QED) is 0.892. The molecule has 0 aromatic carbocycles. The molecule has 2 aliphatic rings. The average Bonchev–Trinajstić information content (AvgIpc) is 3.30. The summed E-state index contributed by atoms with van der Waals surface area (Å²) in [6.07, 6.45) is 7.63. The summed E-state index contributed by atoms with van der Waals surface area (Å²) in [7, 11) is 1.79. The monoisotopic (exact) mass is 303 g/mol. The zero-order valence-electron chi connectivity index (χ0n) is 12.7. The number of aryl methyl sites for hydroxylation is 1. The number of nitrogens with zero attached hydrogens (tertiary/aromatic N) is 3. The molecular weight excluding hydrogens is 282 g/mol. The summed E-state index contributed by atoms with van der Waals surface area (Å²) in [4.78, 5) is 19.5. The number of nitrogens with one attached hydrogen (secondary N) is 2. The van der Waals surface area contributed by atoms with E-state index in [-0.39, 0.29) is 17.7 Å². The van der Waals surface area contributed by atoms with Crippen LogP contribution in [-0.4, -0.2) is 38.5 Å². The molecule has 118 valence electrons. The van der Waals surface area contributed by atoms with Crippen LogP contribution < -0.4 is 10.9 Å². The van der Waals surface area contributed by atoms with Gasteiger partial charge in [-0.1, -0.05) is 0 Å². The maximum Gasteiger partial charge on any atom is 0.263 e. The van der Waals surface area contributed by atoms with E-state index in [4.69, 9.17) is 4.74 Å². The van der Waals surface area contributed by atoms with Gasteiger partial charge in [-0.05, 0) is 38.0 Å². The minimum Gasteiger partial charge on any atom is -0.376 e. The number of ether oxygens (including phenoxy) is 1. The highest BCUT2D eigenvalue weighted by atomic mass is 16.5. The summed E-state index contributed by atoms with van der Waals surface area (Å²) in [5.41, 5.74) is 0.449. The Morgan fingerprint density at radius 2 is 2.27 bits per heavy atom. The maximum atomic E-state index is 12.1. The lowest BCUT2D eigenvalue weighted by Gasteiger charge is -2.31. The Labute approximate surface area is 128 Å². The van der Waals surface area contributed by atoms with E-state index in [2.05, 4.69) is 20.4 Å². The Bertz CT molecular complexity index is 727. The molecule has 1 aliphatic carbocycles. The molecule has 1 saturated heterocycles. The third-order valence-electron chi connectivity index (χ3n) is 4.65. The molecule has 7 heteroatoms. The van der Waals surface area contributed by atoms with E-state index in [9.17, 15) is 4.79 Å². The van der Waals surface area contributed by atoms with E-state index in [1.807, 2.05) is 0 Å². The van der Waals surface area contributed by atoms with Gasteiger partial charge >= 0.3 is 0 Å². The Hall–Kier alpha value is -1.89. The van der Waals surface area contributed by atoms with Crippen LogP contribution in [0.5, 0.6) is 0 Å². The maximum absolute atomic E-state index is 12.1. The van der Waals surface area contributed by atoms with Crippen molar-refractivity contribution in [2.75, 3.05) is 11.9 Å². The van der Waals surface area contributed by atoms with Crippen LogP contribution in [-0.2, 0) is 11.8 Å². The van der Waals surface area contributed by atoms with Crippen molar-refractivity contribution in [1.82, 2.24) is 19.7 Å². The van der Waals surface area contributed by atoms with Crippen molar-refractivity contribution in [3.8, 4) is 0 Å². The number of hydrogen-bond acceptors (Lipinski definition) is 5. The fourth-order valence-electron chi connectivity index (χ4n) is 3.28. The topological polar surface area (TPSA) is 84.8 Å². The molecule has 1 saturated carbocycles. The predicted octanol–water partition coefficient (Wildman–Crippen LogP) is 1.42. The average molecular weight is 303 g/mol. The Kier molecular flexibility index (Phi) is 3.37. The molecule has 3 heterocycles. The van der Waals surface area contributed by atoms with Gasteiger partial charge in [-0.3, -0.25) is 14.5 Å². The summed E-state index contributed by atoms with van der Waals surface area (Å²) in [5.74, 6) is 1.14. The highest BCUT2D eigenvalue weighted by Crippen LogP contribution is 2.38. The molecule has 2 fully saturated rings. The van der Waals surface area contributed by atoms with Crippen LogP contribution in [0.15, 0.2) is 11.0 Å². The van der Waals surface area contributed by atoms with E-state index in [1.165, 1.54) is 19.3 Å². The van der Waals surface area contributed by atoms with Gasteiger partial charge < -0.3 is 10.1 Å². The first kappa shape index (κ1) is 13.8. The molecular formula is C15H21N5O2. The van der Waals surface area contributed by atoms with Crippen LogP contribution in [0.4, 0.5) is 5.95 Å². The molecule has 0 radical (unpaired) electrons. The fourth-order valence-corrected chi connectivity index (χ4v) is 3.28. The Morgan fingerprint density at radius 1 is 1.41 bits per heavy atom. The Balaban J connectivity index is 1.62. The molecule has 2 atom stereocenters. The second-order valence-electron chi connectivity index (χ2n) is 6.33. The predicted molar refractivity (Wildman–Crippen MR) is 82.9 cm³/mol. The number of aromatic amines is 1. The molecule has 4 rings (SSSR count). The van der Waals surface area contributed by atoms with E-state index in [1.54, 1.807) is 17.9 Å². The van der Waals surface area contributed by atoms with E-state index in [0.29, 0.717) is 22.9 Å². The SMILES string of the molecule is Cn1ncc2c(=O)[nH]c(NC(C3CC3)C3CCCCO3)nc21. The number of fused-ring (bicyclic) bond motifs is 1. The standard InChI is InChI=1S/C15H21N5O2/c1-20-13-10(8-16-20)14(21)19-15(18-13)17-12(9-5-6-9)11-4-2-3-7-22-11/h8-9,11-12H,2-7H2,1H3,(H2,17,18,19,21). The van der Waals surface area contributed by atoms with Gasteiger partial charge in [0, 0.05) is 13.7 Å². The van der Waals surface area contributed by atoms with Crippen molar-refractivity contribution in [2.45, 2.75) is 44.2 Å². The highest BCUT2D eigenvalue weighted by molar-refractivity contribution is 5.74. The molecule has 1 aliphatic heterocycles. The molecule has 7 nitrogen and oxygen atoms in total. The molecule has 2 unspecified atom stereocenters. The molecule has 0 bridgehead atoms. The number of hydrogen-bond donors (Lipinski definition) is 2. The number of aromatic nitrogens is 4. The number of H-pyrrole nitrogens is 1. The molecule has 2 aromatic heterocycles. The van der Waals surface area contributed by atoms with Crippen molar-refractivity contribution >= 4 is 17.0 Å². The fraction of sp³-hybridized carbons (Fsp3) is 0.667. The van der Waals surface area contributed by atoms with Gasteiger partial charge in [0.15, 0.2) is 5.65 Å². The largest absolute Gasteiger partial charge is 0.376 e. The second kappa shape index (κ2) is 5.39. The summed E-state index contributed by atoms with van der Waals surface area (Å²) in [6.45, 7) is 0.834. The van der Waals surface area contributed by atoms with Crippen LogP contribution in [0.25, 0.3) is 11.0 Å². The van der Waals surface area contributed by atoms with Crippen LogP contribution in [0.1, 0.15) is 32.1 Å². The lowest BCUT2D eigenvalue weighted by atomic mass is 9.98. The van der Waals surface area contributed by atoms with Gasteiger partial charge in [0.1, 0.15) is 5.39 Å². The highest BCUT2D eigenvalue weighted by Gasteiger charge is 2.38. The normalized spacial score (nSPS) is 23.6. The van der Waals surface area contributed by atoms with Crippen LogP contribution in [0, 0.1) is 5.92 Å². The van der Waals surface area contributed by atoms with Gasteiger partial charge in [-0.15, -0.1) is 0 Å². The zero-order chi connectivity index (χ0) is 15.1. The van der Waals surface area contributed by atoms with E-state index < -0.39 is 0 Å². The van der Waals surface area contributed by atoms with Gasteiger partial charge in [-0.25, -0.2) is 0 Å². The third kappa shape index (κ3) is 2.49. The van der Waals surface area contributed by atoms with Crippen LogP contribution in [0.2, 0.25) is 0 Å². The first-order chi connectivity index (χ1) is 10.7. The Morgan fingerprint density at radius 3 is 3.00 bits per heavy atom. The van der Waals surface area contributed by atoms with E-state index >= 15 is 0 Å². The number of rotatable bonds is 4. The van der Waals surface area contributed by atoms with Crippen LogP contribution in [0.3, 0.4) is 0 Å². The first-order valence-electron chi connectivity index (χ1n) is 8.02. The first-order valence-corrected chi connectivity index (χ1v) is 8.02. The number of anilines is 1. The van der Waals surface area contributed by atoms with Crippen molar-refractivity contribution in [3.63, 3.8) is 0 Å². The lowest BCUT2D eigenvalue weighted by molar-refractivity contribution is 0.000543. The van der Waals surface area contributed by atoms with Gasteiger partial charge in [0.2, 0.25) is 5.95 Å².